The lowest BCUT2D eigenvalue weighted by Gasteiger charge is -2.19. The van der Waals surface area contributed by atoms with E-state index < -0.39 is 5.97 Å². The van der Waals surface area contributed by atoms with Crippen LogP contribution in [0.15, 0.2) is 30.6 Å². The zero-order valence-electron chi connectivity index (χ0n) is 12.6. The van der Waals surface area contributed by atoms with Crippen LogP contribution in [-0.2, 0) is 5.41 Å². The second-order valence-electron chi connectivity index (χ2n) is 6.06. The van der Waals surface area contributed by atoms with E-state index in [0.29, 0.717) is 5.82 Å². The Morgan fingerprint density at radius 2 is 1.90 bits per heavy atom. The van der Waals surface area contributed by atoms with E-state index in [4.69, 9.17) is 0 Å². The van der Waals surface area contributed by atoms with Gasteiger partial charge in [0.25, 0.3) is 0 Å². The number of nitrogens with zero attached hydrogens (tertiary/aromatic N) is 2. The monoisotopic (exact) mass is 285 g/mol. The standard InChI is InChI=1S/C16H19N3O2/c1-10-5-12(9-17-8-10)18-14-7-11(15(20)21)6-13(19-14)16(2,3)4/h5-9H,1-4H3,(H,18,19)(H,20,21). The molecular formula is C16H19N3O2. The Kier molecular flexibility index (Phi) is 3.93. The molecule has 0 amide bonds. The molecule has 0 atom stereocenters. The fraction of sp³-hybridized carbons (Fsp3) is 0.312. The molecule has 0 fully saturated rings. The summed E-state index contributed by atoms with van der Waals surface area (Å²) in [4.78, 5) is 19.9. The molecule has 2 N–H and O–H groups in total. The van der Waals surface area contributed by atoms with Crippen LogP contribution < -0.4 is 5.32 Å². The number of aryl methyl sites for hydroxylation is 1. The lowest BCUT2D eigenvalue weighted by atomic mass is 9.91. The van der Waals surface area contributed by atoms with Crippen molar-refractivity contribution in [3.63, 3.8) is 0 Å². The highest BCUT2D eigenvalue weighted by Gasteiger charge is 2.19. The maximum atomic E-state index is 11.3. The average Bonchev–Trinajstić information content (AvgIpc) is 2.37. The number of carbonyl (C=O) groups is 1. The van der Waals surface area contributed by atoms with E-state index in [1.807, 2.05) is 33.8 Å². The van der Waals surface area contributed by atoms with Crippen molar-refractivity contribution in [3.8, 4) is 0 Å². The second-order valence-corrected chi connectivity index (χ2v) is 6.06. The van der Waals surface area contributed by atoms with Crippen LogP contribution in [0.5, 0.6) is 0 Å². The van der Waals surface area contributed by atoms with E-state index in [1.165, 1.54) is 6.07 Å². The topological polar surface area (TPSA) is 75.1 Å². The zero-order chi connectivity index (χ0) is 15.6. The molecule has 5 heteroatoms. The van der Waals surface area contributed by atoms with Crippen LogP contribution in [0, 0.1) is 6.92 Å². The molecule has 0 unspecified atom stereocenters. The minimum absolute atomic E-state index is 0.220. The van der Waals surface area contributed by atoms with E-state index in [2.05, 4.69) is 15.3 Å². The summed E-state index contributed by atoms with van der Waals surface area (Å²) in [5, 5.41) is 12.4. The Hall–Kier alpha value is -2.43. The summed E-state index contributed by atoms with van der Waals surface area (Å²) in [5.41, 5.74) is 2.52. The number of hydrogen-bond acceptors (Lipinski definition) is 4. The summed E-state index contributed by atoms with van der Waals surface area (Å²) < 4.78 is 0. The highest BCUT2D eigenvalue weighted by Crippen LogP contribution is 2.25. The molecule has 2 heterocycles. The number of aromatic carboxylic acids is 1. The Morgan fingerprint density at radius 1 is 1.19 bits per heavy atom. The van der Waals surface area contributed by atoms with Crippen LogP contribution in [-0.4, -0.2) is 21.0 Å². The van der Waals surface area contributed by atoms with Crippen molar-refractivity contribution < 1.29 is 9.90 Å². The van der Waals surface area contributed by atoms with Gasteiger partial charge in [0, 0.05) is 17.3 Å². The lowest BCUT2D eigenvalue weighted by Crippen LogP contribution is -2.16. The number of anilines is 2. The van der Waals surface area contributed by atoms with Gasteiger partial charge in [-0.1, -0.05) is 20.8 Å². The molecule has 0 aliphatic rings. The molecule has 0 aliphatic carbocycles. The van der Waals surface area contributed by atoms with Crippen molar-refractivity contribution in [1.82, 2.24) is 9.97 Å². The second kappa shape index (κ2) is 5.52. The molecule has 0 saturated carbocycles. The van der Waals surface area contributed by atoms with Crippen LogP contribution in [0.25, 0.3) is 0 Å². The van der Waals surface area contributed by atoms with Gasteiger partial charge in [0.15, 0.2) is 0 Å². The number of carboxylic acids is 1. The number of rotatable bonds is 3. The van der Waals surface area contributed by atoms with Crippen molar-refractivity contribution in [2.24, 2.45) is 0 Å². The van der Waals surface area contributed by atoms with Gasteiger partial charge >= 0.3 is 5.97 Å². The highest BCUT2D eigenvalue weighted by molar-refractivity contribution is 5.89. The normalized spacial score (nSPS) is 11.2. The first-order valence-corrected chi connectivity index (χ1v) is 6.70. The molecule has 0 bridgehead atoms. The van der Waals surface area contributed by atoms with Gasteiger partial charge in [-0.15, -0.1) is 0 Å². The summed E-state index contributed by atoms with van der Waals surface area (Å²) in [6, 6.07) is 5.07. The highest BCUT2D eigenvalue weighted by atomic mass is 16.4. The summed E-state index contributed by atoms with van der Waals surface area (Å²) in [6.07, 6.45) is 3.44. The molecule has 0 aromatic carbocycles. The Bertz CT molecular complexity index is 675. The molecule has 2 aromatic rings. The van der Waals surface area contributed by atoms with Crippen LogP contribution in [0.4, 0.5) is 11.5 Å². The summed E-state index contributed by atoms with van der Waals surface area (Å²) in [5.74, 6) is -0.458. The molecule has 0 aliphatic heterocycles. The van der Waals surface area contributed by atoms with Crippen LogP contribution >= 0.6 is 0 Å². The summed E-state index contributed by atoms with van der Waals surface area (Å²) >= 11 is 0. The smallest absolute Gasteiger partial charge is 0.335 e. The molecule has 5 nitrogen and oxygen atoms in total. The van der Waals surface area contributed by atoms with E-state index in [1.54, 1.807) is 18.5 Å². The van der Waals surface area contributed by atoms with Crippen LogP contribution in [0.2, 0.25) is 0 Å². The van der Waals surface area contributed by atoms with Crippen molar-refractivity contribution in [3.05, 3.63) is 47.4 Å². The Morgan fingerprint density at radius 3 is 2.48 bits per heavy atom. The molecule has 0 radical (unpaired) electrons. The van der Waals surface area contributed by atoms with Gasteiger partial charge in [-0.25, -0.2) is 9.78 Å². The van der Waals surface area contributed by atoms with E-state index in [0.717, 1.165) is 16.9 Å². The lowest BCUT2D eigenvalue weighted by molar-refractivity contribution is 0.0696. The largest absolute Gasteiger partial charge is 0.478 e. The number of hydrogen-bond donors (Lipinski definition) is 2. The van der Waals surface area contributed by atoms with Gasteiger partial charge in [-0.05, 0) is 30.7 Å². The third-order valence-corrected chi connectivity index (χ3v) is 2.99. The zero-order valence-corrected chi connectivity index (χ0v) is 12.6. The Balaban J connectivity index is 2.43. The van der Waals surface area contributed by atoms with Gasteiger partial charge < -0.3 is 10.4 Å². The molecule has 0 saturated heterocycles. The predicted molar refractivity (Wildman–Crippen MR) is 82.2 cm³/mol. The number of nitrogens with one attached hydrogen (secondary N) is 1. The van der Waals surface area contributed by atoms with Crippen molar-refractivity contribution >= 4 is 17.5 Å². The van der Waals surface area contributed by atoms with Gasteiger partial charge in [0.2, 0.25) is 0 Å². The predicted octanol–water partition coefficient (Wildman–Crippen LogP) is 3.52. The van der Waals surface area contributed by atoms with Crippen molar-refractivity contribution in [1.29, 1.82) is 0 Å². The maximum absolute atomic E-state index is 11.3. The van der Waals surface area contributed by atoms with Crippen molar-refractivity contribution in [2.75, 3.05) is 5.32 Å². The molecule has 110 valence electrons. The fourth-order valence-corrected chi connectivity index (χ4v) is 1.87. The van der Waals surface area contributed by atoms with Gasteiger partial charge in [0.05, 0.1) is 17.4 Å². The first kappa shape index (κ1) is 15.0. The van der Waals surface area contributed by atoms with Crippen molar-refractivity contribution in [2.45, 2.75) is 33.1 Å². The van der Waals surface area contributed by atoms with Gasteiger partial charge in [-0.3, -0.25) is 4.98 Å². The average molecular weight is 285 g/mol. The summed E-state index contributed by atoms with van der Waals surface area (Å²) in [6.45, 7) is 7.94. The SMILES string of the molecule is Cc1cncc(Nc2cc(C(=O)O)cc(C(C)(C)C)n2)c1. The number of aromatic nitrogens is 2. The summed E-state index contributed by atoms with van der Waals surface area (Å²) in [7, 11) is 0. The third kappa shape index (κ3) is 3.78. The molecule has 0 spiro atoms. The minimum atomic E-state index is -0.965. The van der Waals surface area contributed by atoms with E-state index in [9.17, 15) is 9.90 Å². The molecule has 2 aromatic heterocycles. The first-order valence-electron chi connectivity index (χ1n) is 6.70. The van der Waals surface area contributed by atoms with E-state index in [-0.39, 0.29) is 11.0 Å². The quantitative estimate of drug-likeness (QED) is 0.902. The van der Waals surface area contributed by atoms with Crippen LogP contribution in [0.1, 0.15) is 42.4 Å². The third-order valence-electron chi connectivity index (χ3n) is 2.99. The molecular weight excluding hydrogens is 266 g/mol. The first-order chi connectivity index (χ1) is 9.75. The van der Waals surface area contributed by atoms with Crippen LogP contribution in [0.3, 0.4) is 0 Å². The van der Waals surface area contributed by atoms with Gasteiger partial charge in [0.1, 0.15) is 5.82 Å². The number of pyridine rings is 2. The maximum Gasteiger partial charge on any atom is 0.335 e. The molecule has 2 rings (SSSR count). The molecule has 21 heavy (non-hydrogen) atoms. The Labute approximate surface area is 124 Å². The van der Waals surface area contributed by atoms with E-state index >= 15 is 0 Å². The fourth-order valence-electron chi connectivity index (χ4n) is 1.87. The van der Waals surface area contributed by atoms with Gasteiger partial charge in [-0.2, -0.15) is 0 Å². The minimum Gasteiger partial charge on any atom is -0.478 e. The number of carboxylic acid groups (broad SMARTS) is 1.